The first-order valence-corrected chi connectivity index (χ1v) is 8.82. The maximum absolute atomic E-state index is 11.6. The smallest absolute Gasteiger partial charge is 0.310 e. The summed E-state index contributed by atoms with van der Waals surface area (Å²) in [5.74, 6) is -0.294. The van der Waals surface area contributed by atoms with Gasteiger partial charge in [-0.25, -0.2) is 0 Å². The van der Waals surface area contributed by atoms with Crippen molar-refractivity contribution in [2.45, 2.75) is 33.3 Å². The number of hydrogen-bond donors (Lipinski definition) is 1. The van der Waals surface area contributed by atoms with Crippen LogP contribution in [0.1, 0.15) is 35.2 Å². The summed E-state index contributed by atoms with van der Waals surface area (Å²) < 4.78 is 12.7. The van der Waals surface area contributed by atoms with Gasteiger partial charge >= 0.3 is 5.97 Å². The lowest BCUT2D eigenvalue weighted by Gasteiger charge is -2.12. The van der Waals surface area contributed by atoms with Gasteiger partial charge in [-0.3, -0.25) is 4.79 Å². The molecule has 0 amide bonds. The van der Waals surface area contributed by atoms with Gasteiger partial charge in [0.1, 0.15) is 6.61 Å². The molecule has 0 spiro atoms. The van der Waals surface area contributed by atoms with Gasteiger partial charge in [0.25, 0.3) is 0 Å². The van der Waals surface area contributed by atoms with E-state index in [2.05, 4.69) is 0 Å². The minimum absolute atomic E-state index is 0.162. The number of benzene rings is 2. The highest BCUT2D eigenvalue weighted by molar-refractivity contribution is 5.93. The average molecular weight is 367 g/mol. The third-order valence-corrected chi connectivity index (χ3v) is 4.98. The van der Waals surface area contributed by atoms with Crippen molar-refractivity contribution in [3.8, 4) is 11.5 Å². The van der Waals surface area contributed by atoms with Crippen LogP contribution in [0.2, 0.25) is 0 Å². The number of ether oxygens (including phenoxy) is 2. The molecule has 1 aliphatic heterocycles. The summed E-state index contributed by atoms with van der Waals surface area (Å²) in [6.45, 7) is 6.13. The highest BCUT2D eigenvalue weighted by atomic mass is 16.7. The molecule has 0 fully saturated rings. The number of fused-ring (bicyclic) bond motifs is 2. The van der Waals surface area contributed by atoms with Crippen LogP contribution in [0, 0.1) is 13.8 Å². The number of rotatable bonds is 5. The van der Waals surface area contributed by atoms with E-state index in [1.807, 2.05) is 50.2 Å². The molecule has 1 unspecified atom stereocenters. The number of aliphatic carboxylic acids is 1. The Morgan fingerprint density at radius 1 is 1.19 bits per heavy atom. The summed E-state index contributed by atoms with van der Waals surface area (Å²) in [7, 11) is 0. The Hall–Kier alpha value is -3.15. The number of aromatic nitrogens is 1. The molecule has 2 heterocycles. The number of carboxylic acid groups (broad SMARTS) is 1. The molecule has 0 saturated carbocycles. The molecule has 6 heteroatoms. The van der Waals surface area contributed by atoms with E-state index < -0.39 is 11.9 Å². The Labute approximate surface area is 156 Å². The first kappa shape index (κ1) is 17.3. The van der Waals surface area contributed by atoms with Crippen molar-refractivity contribution < 1.29 is 24.2 Å². The molecule has 0 saturated heterocycles. The lowest BCUT2D eigenvalue weighted by molar-refractivity contribution is -0.138. The molecule has 140 valence electrons. The van der Waals surface area contributed by atoms with Crippen LogP contribution in [0.3, 0.4) is 0 Å². The Kier molecular flexibility index (Phi) is 4.18. The molecule has 4 rings (SSSR count). The predicted molar refractivity (Wildman–Crippen MR) is 100 cm³/mol. The Balaban J connectivity index is 1.79. The van der Waals surface area contributed by atoms with Crippen molar-refractivity contribution in [1.29, 1.82) is 0 Å². The van der Waals surface area contributed by atoms with Gasteiger partial charge in [-0.05, 0) is 38.0 Å². The first-order valence-electron chi connectivity index (χ1n) is 8.82. The van der Waals surface area contributed by atoms with E-state index >= 15 is 0 Å². The van der Waals surface area contributed by atoms with Crippen LogP contribution in [-0.4, -0.2) is 22.6 Å². The summed E-state index contributed by atoms with van der Waals surface area (Å²) in [6.07, 6.45) is 0. The maximum Gasteiger partial charge on any atom is 0.310 e. The predicted octanol–water partition coefficient (Wildman–Crippen LogP) is 3.80. The van der Waals surface area contributed by atoms with E-state index in [0.29, 0.717) is 18.1 Å². The Morgan fingerprint density at radius 3 is 2.52 bits per heavy atom. The lowest BCUT2D eigenvalue weighted by atomic mass is 9.98. The quantitative estimate of drug-likeness (QED) is 0.743. The topological polar surface area (TPSA) is 69.9 Å². The van der Waals surface area contributed by atoms with Crippen molar-refractivity contribution in [2.24, 2.45) is 0 Å². The van der Waals surface area contributed by atoms with Gasteiger partial charge in [0, 0.05) is 11.5 Å². The normalized spacial score (nSPS) is 13.7. The second-order valence-corrected chi connectivity index (χ2v) is 6.84. The van der Waals surface area contributed by atoms with E-state index in [4.69, 9.17) is 14.3 Å². The van der Waals surface area contributed by atoms with Gasteiger partial charge in [-0.2, -0.15) is 4.73 Å². The fraction of sp³-hybridized carbons (Fsp3) is 0.286. The van der Waals surface area contributed by atoms with E-state index in [9.17, 15) is 9.90 Å². The van der Waals surface area contributed by atoms with Crippen LogP contribution in [0.4, 0.5) is 0 Å². The van der Waals surface area contributed by atoms with Crippen LogP contribution < -0.4 is 14.3 Å². The molecule has 3 aromatic rings. The van der Waals surface area contributed by atoms with Gasteiger partial charge in [0.15, 0.2) is 11.5 Å². The highest BCUT2D eigenvalue weighted by Gasteiger charge is 2.27. The minimum atomic E-state index is -0.881. The van der Waals surface area contributed by atoms with Crippen molar-refractivity contribution in [1.82, 2.24) is 4.73 Å². The molecule has 1 aromatic heterocycles. The number of aryl methyl sites for hydroxylation is 1. The molecule has 0 bridgehead atoms. The van der Waals surface area contributed by atoms with Crippen LogP contribution in [0.25, 0.3) is 10.9 Å². The van der Waals surface area contributed by atoms with Crippen molar-refractivity contribution in [3.63, 3.8) is 0 Å². The van der Waals surface area contributed by atoms with Crippen molar-refractivity contribution in [3.05, 3.63) is 58.8 Å². The molecule has 27 heavy (non-hydrogen) atoms. The summed E-state index contributed by atoms with van der Waals surface area (Å²) in [5, 5.41) is 10.4. The van der Waals surface area contributed by atoms with Crippen molar-refractivity contribution in [2.75, 3.05) is 6.79 Å². The Morgan fingerprint density at radius 2 is 1.85 bits per heavy atom. The third kappa shape index (κ3) is 2.97. The van der Waals surface area contributed by atoms with E-state index in [-0.39, 0.29) is 6.79 Å². The summed E-state index contributed by atoms with van der Waals surface area (Å²) in [6, 6.07) is 11.8. The first-order chi connectivity index (χ1) is 13.0. The van der Waals surface area contributed by atoms with Gasteiger partial charge in [-0.1, -0.05) is 29.8 Å². The number of hydrogen-bond acceptors (Lipinski definition) is 4. The summed E-state index contributed by atoms with van der Waals surface area (Å²) in [5.41, 5.74) is 4.48. The Bertz CT molecular complexity index is 1020. The van der Waals surface area contributed by atoms with Gasteiger partial charge in [0.05, 0.1) is 17.1 Å². The standard InChI is InChI=1S/C21H21NO5/c1-12-4-6-15(7-5-12)10-27-22-14(3)20(13(2)21(23)24)16-8-18-19(9-17(16)22)26-11-25-18/h4-9,13H,10-11H2,1-3H3,(H,23,24). The van der Waals surface area contributed by atoms with E-state index in [0.717, 1.165) is 27.7 Å². The largest absolute Gasteiger partial charge is 0.481 e. The summed E-state index contributed by atoms with van der Waals surface area (Å²) in [4.78, 5) is 17.7. The average Bonchev–Trinajstić information content (AvgIpc) is 3.20. The molecular weight excluding hydrogens is 346 g/mol. The zero-order chi connectivity index (χ0) is 19.1. The van der Waals surface area contributed by atoms with Crippen LogP contribution in [0.5, 0.6) is 11.5 Å². The zero-order valence-electron chi connectivity index (χ0n) is 15.5. The number of carbonyl (C=O) groups is 1. The SMILES string of the molecule is Cc1ccc(COn2c(C)c(C(C)C(=O)O)c3cc4c(cc32)OCO4)cc1. The molecule has 2 aromatic carbocycles. The van der Waals surface area contributed by atoms with Gasteiger partial charge in [0.2, 0.25) is 6.79 Å². The molecule has 6 nitrogen and oxygen atoms in total. The van der Waals surface area contributed by atoms with Crippen LogP contribution in [-0.2, 0) is 11.4 Å². The van der Waals surface area contributed by atoms with E-state index in [1.54, 1.807) is 11.7 Å². The molecule has 1 atom stereocenters. The molecule has 0 aliphatic carbocycles. The highest BCUT2D eigenvalue weighted by Crippen LogP contribution is 2.41. The molecule has 0 radical (unpaired) electrons. The third-order valence-electron chi connectivity index (χ3n) is 4.98. The molecule has 1 N–H and O–H groups in total. The number of nitrogens with zero attached hydrogens (tertiary/aromatic N) is 1. The van der Waals surface area contributed by atoms with Crippen molar-refractivity contribution >= 4 is 16.9 Å². The fourth-order valence-electron chi connectivity index (χ4n) is 3.46. The van der Waals surface area contributed by atoms with Gasteiger partial charge in [-0.15, -0.1) is 0 Å². The van der Waals surface area contributed by atoms with Gasteiger partial charge < -0.3 is 19.4 Å². The summed E-state index contributed by atoms with van der Waals surface area (Å²) >= 11 is 0. The molecule has 1 aliphatic rings. The second kappa shape index (κ2) is 6.54. The fourth-order valence-corrected chi connectivity index (χ4v) is 3.46. The zero-order valence-corrected chi connectivity index (χ0v) is 15.5. The van der Waals surface area contributed by atoms with Crippen LogP contribution in [0.15, 0.2) is 36.4 Å². The number of carboxylic acids is 1. The van der Waals surface area contributed by atoms with E-state index in [1.165, 1.54) is 5.56 Å². The minimum Gasteiger partial charge on any atom is -0.481 e. The molecular formula is C21H21NO5. The second-order valence-electron chi connectivity index (χ2n) is 6.84. The lowest BCUT2D eigenvalue weighted by Crippen LogP contribution is -2.14. The monoisotopic (exact) mass is 367 g/mol. The maximum atomic E-state index is 11.6. The van der Waals surface area contributed by atoms with Crippen LogP contribution >= 0.6 is 0 Å².